The van der Waals surface area contributed by atoms with Crippen molar-refractivity contribution in [1.29, 1.82) is 0 Å². The molecule has 2 atom stereocenters. The van der Waals surface area contributed by atoms with Crippen LogP contribution in [0.5, 0.6) is 0 Å². The lowest BCUT2D eigenvalue weighted by molar-refractivity contribution is -0.150. The number of hydrogen-bond acceptors (Lipinski definition) is 3. The number of nitrogens with zero attached hydrogens (tertiary/aromatic N) is 1. The van der Waals surface area contributed by atoms with Gasteiger partial charge in [-0.3, -0.25) is 9.59 Å². The van der Waals surface area contributed by atoms with Gasteiger partial charge >= 0.3 is 5.97 Å². The maximum atomic E-state index is 12.6. The van der Waals surface area contributed by atoms with Gasteiger partial charge in [-0.1, -0.05) is 39.8 Å². The standard InChI is InChI=1S/C17H22N2O3S/c1-9(2)13(14(20)21)17(10(3)4,16(22)23)15-18-11-7-5-6-8-12(11)19-15/h5-10,13H,1-4H3,(H,18,19)(H,20,21)(H,22,23). The fourth-order valence-electron chi connectivity index (χ4n) is 3.42. The van der Waals surface area contributed by atoms with Gasteiger partial charge in [0, 0.05) is 0 Å². The van der Waals surface area contributed by atoms with Gasteiger partial charge in [-0.2, -0.15) is 0 Å². The molecule has 2 aromatic rings. The van der Waals surface area contributed by atoms with E-state index in [0.29, 0.717) is 11.3 Å². The molecule has 2 unspecified atom stereocenters. The number of carbonyl (C=O) groups excluding carboxylic acids is 1. The predicted molar refractivity (Wildman–Crippen MR) is 92.6 cm³/mol. The number of H-pyrrole nitrogens is 1. The number of aliphatic carboxylic acids is 1. The largest absolute Gasteiger partial charge is 0.481 e. The second-order valence-corrected chi connectivity index (χ2v) is 6.90. The van der Waals surface area contributed by atoms with Gasteiger partial charge in [0.2, 0.25) is 5.12 Å². The summed E-state index contributed by atoms with van der Waals surface area (Å²) in [6.07, 6.45) is 0. The van der Waals surface area contributed by atoms with Crippen LogP contribution in [0.1, 0.15) is 33.5 Å². The third kappa shape index (κ3) is 2.76. The highest BCUT2D eigenvalue weighted by atomic mass is 32.1. The number of aromatic nitrogens is 2. The molecule has 1 aromatic heterocycles. The molecular formula is C17H22N2O3S. The zero-order chi connectivity index (χ0) is 17.4. The van der Waals surface area contributed by atoms with Gasteiger partial charge in [0.25, 0.3) is 0 Å². The Morgan fingerprint density at radius 3 is 2.26 bits per heavy atom. The van der Waals surface area contributed by atoms with Gasteiger partial charge in [0.05, 0.1) is 17.0 Å². The number of fused-ring (bicyclic) bond motifs is 1. The molecule has 0 aliphatic rings. The molecule has 124 valence electrons. The van der Waals surface area contributed by atoms with Crippen LogP contribution in [0.3, 0.4) is 0 Å². The van der Waals surface area contributed by atoms with E-state index >= 15 is 0 Å². The Bertz CT molecular complexity index is 705. The van der Waals surface area contributed by atoms with Crippen molar-refractivity contribution in [3.8, 4) is 0 Å². The van der Waals surface area contributed by atoms with Crippen LogP contribution in [0.2, 0.25) is 0 Å². The van der Waals surface area contributed by atoms with E-state index in [1.807, 2.05) is 38.1 Å². The van der Waals surface area contributed by atoms with Crippen LogP contribution in [0, 0.1) is 17.8 Å². The molecule has 1 aromatic carbocycles. The summed E-state index contributed by atoms with van der Waals surface area (Å²) in [5.74, 6) is -2.10. The van der Waals surface area contributed by atoms with Crippen molar-refractivity contribution in [3.05, 3.63) is 30.1 Å². The zero-order valence-electron chi connectivity index (χ0n) is 13.7. The van der Waals surface area contributed by atoms with E-state index in [2.05, 4.69) is 22.6 Å². The summed E-state index contributed by atoms with van der Waals surface area (Å²) in [6.45, 7) is 7.27. The molecule has 0 radical (unpaired) electrons. The minimum atomic E-state index is -1.32. The quantitative estimate of drug-likeness (QED) is 0.708. The molecule has 2 rings (SSSR count). The number of aromatic amines is 1. The van der Waals surface area contributed by atoms with Crippen LogP contribution in [0.25, 0.3) is 11.0 Å². The monoisotopic (exact) mass is 334 g/mol. The maximum absolute atomic E-state index is 12.6. The number of rotatable bonds is 6. The van der Waals surface area contributed by atoms with Crippen molar-refractivity contribution < 1.29 is 14.7 Å². The van der Waals surface area contributed by atoms with Crippen LogP contribution in [0.4, 0.5) is 0 Å². The smallest absolute Gasteiger partial charge is 0.308 e. The van der Waals surface area contributed by atoms with Crippen LogP contribution >= 0.6 is 12.6 Å². The third-order valence-electron chi connectivity index (χ3n) is 4.47. The molecule has 0 amide bonds. The van der Waals surface area contributed by atoms with Crippen LogP contribution in [0.15, 0.2) is 24.3 Å². The number of imidazole rings is 1. The molecule has 0 spiro atoms. The Labute approximate surface area is 140 Å². The molecule has 0 bridgehead atoms. The van der Waals surface area contributed by atoms with Gasteiger partial charge in [-0.15, -0.1) is 12.6 Å². The summed E-state index contributed by atoms with van der Waals surface area (Å²) in [7, 11) is 0. The molecule has 0 saturated carbocycles. The first kappa shape index (κ1) is 17.5. The number of carboxylic acids is 1. The number of carboxylic acid groups (broad SMARTS) is 1. The van der Waals surface area contributed by atoms with E-state index in [9.17, 15) is 14.7 Å². The topological polar surface area (TPSA) is 83.0 Å². The van der Waals surface area contributed by atoms with Gasteiger partial charge in [-0.05, 0) is 24.0 Å². The SMILES string of the molecule is CC(C)C(C(=O)O)C(C(=O)S)(c1nc2ccccc2[nH]1)C(C)C. The lowest BCUT2D eigenvalue weighted by Crippen LogP contribution is -2.51. The minimum Gasteiger partial charge on any atom is -0.481 e. The first-order valence-electron chi connectivity index (χ1n) is 7.64. The molecule has 0 saturated heterocycles. The Hall–Kier alpha value is -1.82. The molecular weight excluding hydrogens is 312 g/mol. The second kappa shape index (κ2) is 6.35. The molecule has 0 aliphatic heterocycles. The first-order valence-corrected chi connectivity index (χ1v) is 8.09. The van der Waals surface area contributed by atoms with E-state index in [1.54, 1.807) is 13.8 Å². The molecule has 1 heterocycles. The summed E-state index contributed by atoms with van der Waals surface area (Å²) in [5, 5.41) is 9.31. The number of nitrogens with one attached hydrogen (secondary N) is 1. The summed E-state index contributed by atoms with van der Waals surface area (Å²) < 4.78 is 0. The molecule has 0 fully saturated rings. The van der Waals surface area contributed by atoms with Crippen molar-refractivity contribution in [2.24, 2.45) is 17.8 Å². The van der Waals surface area contributed by atoms with Gasteiger partial charge in [0.1, 0.15) is 11.2 Å². The van der Waals surface area contributed by atoms with Crippen molar-refractivity contribution >= 4 is 34.7 Å². The number of hydrogen-bond donors (Lipinski definition) is 3. The highest BCUT2D eigenvalue weighted by molar-refractivity contribution is 7.96. The van der Waals surface area contributed by atoms with Crippen molar-refractivity contribution in [1.82, 2.24) is 9.97 Å². The highest BCUT2D eigenvalue weighted by Crippen LogP contribution is 2.44. The van der Waals surface area contributed by atoms with E-state index in [4.69, 9.17) is 0 Å². The lowest BCUT2D eigenvalue weighted by atomic mass is 9.64. The van der Waals surface area contributed by atoms with Crippen molar-refractivity contribution in [3.63, 3.8) is 0 Å². The Kier molecular flexibility index (Phi) is 4.84. The van der Waals surface area contributed by atoms with E-state index in [0.717, 1.165) is 5.52 Å². The van der Waals surface area contributed by atoms with Gasteiger partial charge in [0.15, 0.2) is 0 Å². The van der Waals surface area contributed by atoms with Crippen molar-refractivity contribution in [2.75, 3.05) is 0 Å². The third-order valence-corrected chi connectivity index (χ3v) is 4.84. The summed E-state index contributed by atoms with van der Waals surface area (Å²) in [4.78, 5) is 32.2. The summed E-state index contributed by atoms with van der Waals surface area (Å²) >= 11 is 4.08. The molecule has 6 heteroatoms. The first-order chi connectivity index (χ1) is 10.7. The zero-order valence-corrected chi connectivity index (χ0v) is 14.6. The summed E-state index contributed by atoms with van der Waals surface area (Å²) in [5.41, 5.74) is 0.160. The van der Waals surface area contributed by atoms with E-state index in [-0.39, 0.29) is 11.8 Å². The number of carbonyl (C=O) groups is 2. The Morgan fingerprint density at radius 2 is 1.83 bits per heavy atom. The Morgan fingerprint density at radius 1 is 1.22 bits per heavy atom. The predicted octanol–water partition coefficient (Wildman–Crippen LogP) is 3.27. The fraction of sp³-hybridized carbons (Fsp3) is 0.471. The van der Waals surface area contributed by atoms with Crippen LogP contribution < -0.4 is 0 Å². The molecule has 2 N–H and O–H groups in total. The molecule has 0 aliphatic carbocycles. The van der Waals surface area contributed by atoms with Crippen LogP contribution in [-0.4, -0.2) is 26.2 Å². The Balaban J connectivity index is 2.80. The molecule has 5 nitrogen and oxygen atoms in total. The number of benzene rings is 1. The van der Waals surface area contributed by atoms with E-state index < -0.39 is 22.4 Å². The average molecular weight is 334 g/mol. The molecule has 23 heavy (non-hydrogen) atoms. The average Bonchev–Trinajstić information content (AvgIpc) is 2.86. The number of para-hydroxylation sites is 2. The van der Waals surface area contributed by atoms with E-state index in [1.165, 1.54) is 0 Å². The fourth-order valence-corrected chi connectivity index (χ4v) is 3.92. The normalized spacial score (nSPS) is 15.8. The second-order valence-electron chi connectivity index (χ2n) is 6.49. The summed E-state index contributed by atoms with van der Waals surface area (Å²) in [6, 6.07) is 7.39. The number of thiol groups is 1. The minimum absolute atomic E-state index is 0.251. The van der Waals surface area contributed by atoms with Crippen molar-refractivity contribution in [2.45, 2.75) is 33.1 Å². The van der Waals surface area contributed by atoms with Crippen LogP contribution in [-0.2, 0) is 15.0 Å². The maximum Gasteiger partial charge on any atom is 0.308 e. The highest BCUT2D eigenvalue weighted by Gasteiger charge is 2.54. The van der Waals surface area contributed by atoms with Gasteiger partial charge in [-0.25, -0.2) is 4.98 Å². The van der Waals surface area contributed by atoms with Gasteiger partial charge < -0.3 is 10.1 Å². The lowest BCUT2D eigenvalue weighted by Gasteiger charge is -2.39.